The second-order valence-electron chi connectivity index (χ2n) is 5.34. The highest BCUT2D eigenvalue weighted by Gasteiger charge is 2.16. The zero-order valence-electron chi connectivity index (χ0n) is 14.3. The maximum atomic E-state index is 12.2. The average molecular weight is 355 g/mol. The van der Waals surface area contributed by atoms with Crippen molar-refractivity contribution < 1.29 is 28.7 Å². The van der Waals surface area contributed by atoms with Gasteiger partial charge in [-0.15, -0.1) is 0 Å². The molecule has 2 aromatic rings. The number of ether oxygens (including phenoxy) is 2. The first kappa shape index (κ1) is 18.9. The van der Waals surface area contributed by atoms with Gasteiger partial charge in [-0.1, -0.05) is 12.1 Å². The second-order valence-corrected chi connectivity index (χ2v) is 5.34. The zero-order valence-corrected chi connectivity index (χ0v) is 14.3. The number of carbonyl (C=O) groups is 4. The van der Waals surface area contributed by atoms with Crippen LogP contribution in [0.1, 0.15) is 34.6 Å². The Morgan fingerprint density at radius 1 is 0.923 bits per heavy atom. The summed E-state index contributed by atoms with van der Waals surface area (Å²) in [6, 6.07) is 12.2. The van der Waals surface area contributed by atoms with E-state index in [2.05, 4.69) is 5.32 Å². The summed E-state index contributed by atoms with van der Waals surface area (Å²) in [5.41, 5.74) is 0.771. The molecular formula is C19H17NO6. The fourth-order valence-corrected chi connectivity index (χ4v) is 2.13. The molecule has 1 amide bonds. The molecule has 2 aromatic carbocycles. The third kappa shape index (κ3) is 5.27. The number of benzene rings is 2. The molecule has 0 bridgehead atoms. The van der Waals surface area contributed by atoms with E-state index in [1.54, 1.807) is 18.2 Å². The molecule has 0 saturated heterocycles. The van der Waals surface area contributed by atoms with Gasteiger partial charge in [-0.3, -0.25) is 14.4 Å². The number of carbonyl (C=O) groups excluding carboxylic acids is 4. The van der Waals surface area contributed by atoms with E-state index in [0.717, 1.165) is 0 Å². The van der Waals surface area contributed by atoms with Crippen LogP contribution in [0.15, 0.2) is 48.5 Å². The summed E-state index contributed by atoms with van der Waals surface area (Å²) in [7, 11) is 0. The summed E-state index contributed by atoms with van der Waals surface area (Å²) in [6.07, 6.45) is 0. The van der Waals surface area contributed by atoms with Gasteiger partial charge >= 0.3 is 11.9 Å². The van der Waals surface area contributed by atoms with E-state index in [9.17, 15) is 19.2 Å². The standard InChI is InChI=1S/C19H17NO6/c1-12(21)20-17-6-4-3-5-16(17)19(24)25-11-18(23)14-7-9-15(10-8-14)26-13(2)22/h3-10H,11H2,1-2H3,(H,20,21). The summed E-state index contributed by atoms with van der Waals surface area (Å²) in [6.45, 7) is 2.14. The van der Waals surface area contributed by atoms with Crippen LogP contribution in [0.2, 0.25) is 0 Å². The van der Waals surface area contributed by atoms with E-state index in [1.165, 1.54) is 44.2 Å². The Morgan fingerprint density at radius 3 is 2.19 bits per heavy atom. The van der Waals surface area contributed by atoms with Crippen molar-refractivity contribution in [1.29, 1.82) is 0 Å². The average Bonchev–Trinajstić information content (AvgIpc) is 2.59. The maximum absolute atomic E-state index is 12.2. The highest BCUT2D eigenvalue weighted by molar-refractivity contribution is 6.03. The number of rotatable bonds is 6. The molecule has 0 unspecified atom stereocenters. The van der Waals surface area contributed by atoms with Gasteiger partial charge in [-0.05, 0) is 36.4 Å². The predicted molar refractivity (Wildman–Crippen MR) is 93.1 cm³/mol. The molecule has 0 radical (unpaired) electrons. The van der Waals surface area contributed by atoms with E-state index in [-0.39, 0.29) is 11.5 Å². The number of ketones is 1. The van der Waals surface area contributed by atoms with Crippen LogP contribution in [-0.4, -0.2) is 30.2 Å². The van der Waals surface area contributed by atoms with Crippen molar-refractivity contribution in [3.8, 4) is 5.75 Å². The third-order valence-electron chi connectivity index (χ3n) is 3.23. The Morgan fingerprint density at radius 2 is 1.58 bits per heavy atom. The molecule has 0 saturated carbocycles. The summed E-state index contributed by atoms with van der Waals surface area (Å²) in [4.78, 5) is 46.3. The first-order valence-corrected chi connectivity index (χ1v) is 7.72. The van der Waals surface area contributed by atoms with Crippen LogP contribution in [0.4, 0.5) is 5.69 Å². The number of nitrogens with one attached hydrogen (secondary N) is 1. The molecule has 0 aliphatic heterocycles. The van der Waals surface area contributed by atoms with Crippen LogP contribution in [0.5, 0.6) is 5.75 Å². The smallest absolute Gasteiger partial charge is 0.340 e. The lowest BCUT2D eigenvalue weighted by molar-refractivity contribution is -0.131. The molecule has 0 aliphatic carbocycles. The third-order valence-corrected chi connectivity index (χ3v) is 3.23. The largest absolute Gasteiger partial charge is 0.454 e. The number of Topliss-reactive ketones (excluding diaryl/α,β-unsaturated/α-hetero) is 1. The molecule has 0 aliphatic rings. The lowest BCUT2D eigenvalue weighted by Gasteiger charge is -2.09. The molecule has 0 atom stereocenters. The number of amides is 1. The van der Waals surface area contributed by atoms with Gasteiger partial charge in [0, 0.05) is 19.4 Å². The van der Waals surface area contributed by atoms with Gasteiger partial charge in [0.2, 0.25) is 5.91 Å². The lowest BCUT2D eigenvalue weighted by Crippen LogP contribution is -2.17. The molecule has 7 nitrogen and oxygen atoms in total. The minimum absolute atomic E-state index is 0.153. The second kappa shape index (κ2) is 8.57. The van der Waals surface area contributed by atoms with Crippen molar-refractivity contribution in [3.05, 3.63) is 59.7 Å². The van der Waals surface area contributed by atoms with Crippen LogP contribution in [0, 0.1) is 0 Å². The zero-order chi connectivity index (χ0) is 19.1. The minimum Gasteiger partial charge on any atom is -0.454 e. The van der Waals surface area contributed by atoms with Gasteiger partial charge in [-0.2, -0.15) is 0 Å². The number of hydrogen-bond donors (Lipinski definition) is 1. The Hall–Kier alpha value is -3.48. The molecule has 0 spiro atoms. The molecule has 1 N–H and O–H groups in total. The van der Waals surface area contributed by atoms with Crippen LogP contribution in [0.25, 0.3) is 0 Å². The van der Waals surface area contributed by atoms with Gasteiger partial charge in [0.1, 0.15) is 5.75 Å². The van der Waals surface area contributed by atoms with Gasteiger partial charge in [0.15, 0.2) is 12.4 Å². The predicted octanol–water partition coefficient (Wildman–Crippen LogP) is 2.61. The van der Waals surface area contributed by atoms with Gasteiger partial charge < -0.3 is 14.8 Å². The van der Waals surface area contributed by atoms with Crippen molar-refractivity contribution in [2.24, 2.45) is 0 Å². The van der Waals surface area contributed by atoms with Crippen LogP contribution in [-0.2, 0) is 14.3 Å². The molecule has 0 heterocycles. The van der Waals surface area contributed by atoms with E-state index in [0.29, 0.717) is 17.0 Å². The number of hydrogen-bond acceptors (Lipinski definition) is 6. The molecule has 134 valence electrons. The van der Waals surface area contributed by atoms with Crippen LogP contribution >= 0.6 is 0 Å². The molecule has 26 heavy (non-hydrogen) atoms. The van der Waals surface area contributed by atoms with Crippen molar-refractivity contribution >= 4 is 29.3 Å². The normalized spacial score (nSPS) is 9.92. The monoisotopic (exact) mass is 355 g/mol. The summed E-state index contributed by atoms with van der Waals surface area (Å²) in [5, 5.41) is 2.53. The Kier molecular flexibility index (Phi) is 6.21. The summed E-state index contributed by atoms with van der Waals surface area (Å²) in [5.74, 6) is -1.61. The van der Waals surface area contributed by atoms with Crippen LogP contribution < -0.4 is 10.1 Å². The first-order chi connectivity index (χ1) is 12.4. The van der Waals surface area contributed by atoms with Crippen molar-refractivity contribution in [1.82, 2.24) is 0 Å². The summed E-state index contributed by atoms with van der Waals surface area (Å²) >= 11 is 0. The Bertz CT molecular complexity index is 841. The van der Waals surface area contributed by atoms with E-state index < -0.39 is 24.3 Å². The number of esters is 2. The lowest BCUT2D eigenvalue weighted by atomic mass is 10.1. The van der Waals surface area contributed by atoms with Gasteiger partial charge in [-0.25, -0.2) is 4.79 Å². The highest BCUT2D eigenvalue weighted by atomic mass is 16.5. The fraction of sp³-hybridized carbons (Fsp3) is 0.158. The Balaban J connectivity index is 2.00. The minimum atomic E-state index is -0.723. The van der Waals surface area contributed by atoms with Crippen molar-refractivity contribution in [3.63, 3.8) is 0 Å². The van der Waals surface area contributed by atoms with Crippen molar-refractivity contribution in [2.45, 2.75) is 13.8 Å². The molecule has 0 aromatic heterocycles. The van der Waals surface area contributed by atoms with Gasteiger partial charge in [0.25, 0.3) is 0 Å². The van der Waals surface area contributed by atoms with Gasteiger partial charge in [0.05, 0.1) is 11.3 Å². The molecule has 7 heteroatoms. The Labute approximate surface area is 149 Å². The SMILES string of the molecule is CC(=O)Nc1ccccc1C(=O)OCC(=O)c1ccc(OC(C)=O)cc1. The topological polar surface area (TPSA) is 98.8 Å². The maximum Gasteiger partial charge on any atom is 0.340 e. The molecule has 2 rings (SSSR count). The molecular weight excluding hydrogens is 338 g/mol. The summed E-state index contributed by atoms with van der Waals surface area (Å²) < 4.78 is 9.92. The van der Waals surface area contributed by atoms with Crippen LogP contribution in [0.3, 0.4) is 0 Å². The van der Waals surface area contributed by atoms with E-state index in [1.807, 2.05) is 0 Å². The number of anilines is 1. The van der Waals surface area contributed by atoms with Crippen molar-refractivity contribution in [2.75, 3.05) is 11.9 Å². The van der Waals surface area contributed by atoms with E-state index in [4.69, 9.17) is 9.47 Å². The highest BCUT2D eigenvalue weighted by Crippen LogP contribution is 2.17. The fourth-order valence-electron chi connectivity index (χ4n) is 2.13. The first-order valence-electron chi connectivity index (χ1n) is 7.72. The van der Waals surface area contributed by atoms with E-state index >= 15 is 0 Å². The quantitative estimate of drug-likeness (QED) is 0.486. The molecule has 0 fully saturated rings. The number of para-hydroxylation sites is 1.